The van der Waals surface area contributed by atoms with Crippen molar-refractivity contribution in [2.75, 3.05) is 0 Å². The van der Waals surface area contributed by atoms with Crippen molar-refractivity contribution in [1.82, 2.24) is 0 Å². The first-order valence-electron chi connectivity index (χ1n) is 2.39. The van der Waals surface area contributed by atoms with Crippen LogP contribution >= 0.6 is 0 Å². The van der Waals surface area contributed by atoms with E-state index in [0.717, 1.165) is 15.4 Å². The number of rotatable bonds is 0. The molecule has 1 rings (SSSR count). The van der Waals surface area contributed by atoms with Crippen LogP contribution in [0.4, 0.5) is 0 Å². The first-order chi connectivity index (χ1) is 3.29. The molecule has 0 unspecified atom stereocenters. The maximum atomic E-state index is 10.6. The first-order valence-corrected chi connectivity index (χ1v) is 6.64. The molecule has 2 N–H and O–H groups in total. The first kappa shape index (κ1) is 5.84. The number of hydrogen-bond acceptors (Lipinski definition) is 2. The van der Waals surface area contributed by atoms with Gasteiger partial charge in [-0.25, -0.2) is 0 Å². The molecule has 0 bridgehead atoms. The van der Waals surface area contributed by atoms with Gasteiger partial charge in [-0.15, -0.1) is 0 Å². The van der Waals surface area contributed by atoms with Crippen LogP contribution < -0.4 is 9.20 Å². The summed E-state index contributed by atoms with van der Waals surface area (Å²) in [6, 6.07) is 0.286. The van der Waals surface area contributed by atoms with Gasteiger partial charge in [-0.3, -0.25) is 0 Å². The van der Waals surface area contributed by atoms with Crippen LogP contribution in [0.25, 0.3) is 0 Å². The fourth-order valence-electron chi connectivity index (χ4n) is 0.688. The second-order valence-corrected chi connectivity index (χ2v) is 6.49. The molecule has 0 aliphatic carbocycles. The van der Waals surface area contributed by atoms with Crippen LogP contribution in [0.3, 0.4) is 0 Å². The van der Waals surface area contributed by atoms with E-state index < -0.39 is 20.0 Å². The van der Waals surface area contributed by atoms with Gasteiger partial charge in [0, 0.05) is 0 Å². The molecule has 1 saturated heterocycles. The average molecular weight is 215 g/mol. The monoisotopic (exact) mass is 217 g/mol. The molecule has 42 valence electrons. The van der Waals surface area contributed by atoms with E-state index in [9.17, 15) is 3.47 Å². The van der Waals surface area contributed by atoms with Crippen LogP contribution in [0.15, 0.2) is 0 Å². The van der Waals surface area contributed by atoms with Crippen LogP contribution in [0, 0.1) is 0 Å². The predicted octanol–water partition coefficient (Wildman–Crippen LogP) is -0.931. The molecule has 0 aromatic rings. The van der Waals surface area contributed by atoms with Crippen molar-refractivity contribution in [2.45, 2.75) is 21.4 Å². The van der Waals surface area contributed by atoms with Gasteiger partial charge in [0.15, 0.2) is 0 Å². The molecule has 3 heteroatoms. The summed E-state index contributed by atoms with van der Waals surface area (Å²) in [5.41, 5.74) is 5.47. The topological polar surface area (TPSA) is 49.1 Å². The van der Waals surface area contributed by atoms with Crippen molar-refractivity contribution in [3.8, 4) is 0 Å². The average Bonchev–Trinajstić information content (AvgIpc) is 1.87. The fourth-order valence-corrected chi connectivity index (χ4v) is 4.62. The fraction of sp³-hybridized carbons (Fsp3) is 1.00. The minimum absolute atomic E-state index is 0.286. The third-order valence-electron chi connectivity index (χ3n) is 1.12. The summed E-state index contributed by atoms with van der Waals surface area (Å²) < 4.78 is 12.5. The van der Waals surface area contributed by atoms with Gasteiger partial charge in [0.05, 0.1) is 0 Å². The van der Waals surface area contributed by atoms with Gasteiger partial charge in [-0.05, 0) is 0 Å². The number of nitrogens with two attached hydrogens (primary N) is 1. The normalized spacial score (nSPS) is 34.3. The summed E-state index contributed by atoms with van der Waals surface area (Å²) in [6.45, 7) is 0. The molecule has 0 amide bonds. The second-order valence-electron chi connectivity index (χ2n) is 1.86. The predicted molar refractivity (Wildman–Crippen MR) is 28.0 cm³/mol. The molecule has 1 heterocycles. The van der Waals surface area contributed by atoms with Crippen LogP contribution in [0.5, 0.6) is 0 Å². The Hall–Kier alpha value is 0.710. The zero-order chi connectivity index (χ0) is 5.28. The van der Waals surface area contributed by atoms with Crippen LogP contribution in [-0.2, 0) is 0 Å². The van der Waals surface area contributed by atoms with E-state index in [2.05, 4.69) is 0 Å². The molecule has 0 aromatic carbocycles. The van der Waals surface area contributed by atoms with E-state index in [1.54, 1.807) is 0 Å². The molecule has 1 fully saturated rings. The summed E-state index contributed by atoms with van der Waals surface area (Å²) >= 11 is -1.74. The van der Waals surface area contributed by atoms with Crippen molar-refractivity contribution >= 4 is 20.0 Å². The molecule has 7 heavy (non-hydrogen) atoms. The van der Waals surface area contributed by atoms with Crippen LogP contribution in [-0.4, -0.2) is 26.0 Å². The summed E-state index contributed by atoms with van der Waals surface area (Å²) in [4.78, 5) is 0. The molecule has 0 spiro atoms. The number of hydrogen-bond donors (Lipinski definition) is 1. The van der Waals surface area contributed by atoms with Crippen LogP contribution in [0.2, 0.25) is 8.94 Å². The van der Waals surface area contributed by atoms with Crippen molar-refractivity contribution < 1.29 is 3.47 Å². The molecular formula is C4H9NOTe. The van der Waals surface area contributed by atoms with Gasteiger partial charge in [-0.2, -0.15) is 0 Å². The summed E-state index contributed by atoms with van der Waals surface area (Å²) in [7, 11) is 0. The second kappa shape index (κ2) is 2.32. The Morgan fingerprint density at radius 1 is 1.71 bits per heavy atom. The van der Waals surface area contributed by atoms with Crippen molar-refractivity contribution in [1.29, 1.82) is 0 Å². The van der Waals surface area contributed by atoms with E-state index in [1.807, 2.05) is 0 Å². The van der Waals surface area contributed by atoms with E-state index in [0.29, 0.717) is 0 Å². The Morgan fingerprint density at radius 2 is 2.43 bits per heavy atom. The molecular weight excluding hydrogens is 206 g/mol. The Kier molecular flexibility index (Phi) is 1.94. The SMILES string of the molecule is N[C@H]1CC[Te+]([O-])C1. The van der Waals surface area contributed by atoms with E-state index >= 15 is 0 Å². The molecule has 1 atom stereocenters. The minimum atomic E-state index is -1.74. The van der Waals surface area contributed by atoms with Crippen molar-refractivity contribution in [3.05, 3.63) is 0 Å². The zero-order valence-corrected chi connectivity index (χ0v) is 6.42. The van der Waals surface area contributed by atoms with E-state index in [1.165, 1.54) is 0 Å². The molecule has 1 aliphatic rings. The molecule has 0 radical (unpaired) electrons. The molecule has 1 aliphatic heterocycles. The van der Waals surface area contributed by atoms with Crippen molar-refractivity contribution in [3.63, 3.8) is 0 Å². The van der Waals surface area contributed by atoms with Crippen molar-refractivity contribution in [2.24, 2.45) is 5.73 Å². The van der Waals surface area contributed by atoms with E-state index in [-0.39, 0.29) is 6.04 Å². The molecule has 0 aromatic heterocycles. The van der Waals surface area contributed by atoms with Crippen LogP contribution in [0.1, 0.15) is 6.42 Å². The summed E-state index contributed by atoms with van der Waals surface area (Å²) in [5.74, 6) is 0. The zero-order valence-electron chi connectivity index (χ0n) is 4.09. The summed E-state index contributed by atoms with van der Waals surface area (Å²) in [6.07, 6.45) is 1.01. The third-order valence-corrected chi connectivity index (χ3v) is 5.37. The van der Waals surface area contributed by atoms with Gasteiger partial charge in [0.2, 0.25) is 0 Å². The Morgan fingerprint density at radius 3 is 2.57 bits per heavy atom. The Labute approximate surface area is 50.9 Å². The molecule has 0 saturated carbocycles. The molecule has 2 nitrogen and oxygen atoms in total. The maximum absolute atomic E-state index is 10.6. The summed E-state index contributed by atoms with van der Waals surface area (Å²) in [5, 5.41) is 0. The van der Waals surface area contributed by atoms with Gasteiger partial charge in [0.1, 0.15) is 0 Å². The van der Waals surface area contributed by atoms with Gasteiger partial charge >= 0.3 is 50.6 Å². The van der Waals surface area contributed by atoms with Gasteiger partial charge in [0.25, 0.3) is 0 Å². The quantitative estimate of drug-likeness (QED) is 0.530. The Balaban J connectivity index is 2.26. The Bertz CT molecular complexity index is 60.7. The van der Waals surface area contributed by atoms with Gasteiger partial charge in [-0.1, -0.05) is 0 Å². The van der Waals surface area contributed by atoms with Gasteiger partial charge < -0.3 is 0 Å². The van der Waals surface area contributed by atoms with E-state index in [4.69, 9.17) is 5.73 Å². The third kappa shape index (κ3) is 1.58. The standard InChI is InChI=1S/C4H9NOTe/c5-4-1-2-7(6)3-4/h4H,1-3,5H2/t4-/m0/s1.